The largest absolute Gasteiger partial charge is 0.465 e. The molecule has 2 aromatic carbocycles. The Morgan fingerprint density at radius 1 is 1.08 bits per heavy atom. The first-order valence-corrected chi connectivity index (χ1v) is 8.19. The highest BCUT2D eigenvalue weighted by Gasteiger charge is 2.49. The van der Waals surface area contributed by atoms with Gasteiger partial charge in [-0.05, 0) is 62.6 Å². The summed E-state index contributed by atoms with van der Waals surface area (Å²) in [7, 11) is 1.66. The second kappa shape index (κ2) is 5.92. The van der Waals surface area contributed by atoms with Gasteiger partial charge in [-0.3, -0.25) is 9.59 Å². The number of aryl methyl sites for hydroxylation is 3. The molecule has 0 bridgehead atoms. The fourth-order valence-corrected chi connectivity index (χ4v) is 2.92. The van der Waals surface area contributed by atoms with Crippen molar-refractivity contribution in [1.29, 1.82) is 0 Å². The molecule has 1 unspecified atom stereocenters. The lowest BCUT2D eigenvalue weighted by Gasteiger charge is -2.38. The van der Waals surface area contributed by atoms with Gasteiger partial charge >= 0.3 is 0 Å². The first kappa shape index (κ1) is 17.0. The van der Waals surface area contributed by atoms with Crippen molar-refractivity contribution in [2.45, 2.75) is 33.3 Å². The summed E-state index contributed by atoms with van der Waals surface area (Å²) < 4.78 is 5.86. The molecule has 1 aliphatic rings. The van der Waals surface area contributed by atoms with E-state index in [0.717, 1.165) is 16.7 Å². The predicted molar refractivity (Wildman–Crippen MR) is 98.2 cm³/mol. The third-order valence-corrected chi connectivity index (χ3v) is 4.58. The van der Waals surface area contributed by atoms with Crippen molar-refractivity contribution in [3.63, 3.8) is 0 Å². The number of nitrogens with zero attached hydrogens (tertiary/aromatic N) is 1. The summed E-state index contributed by atoms with van der Waals surface area (Å²) in [6.07, 6.45) is 0. The molecule has 130 valence electrons. The van der Waals surface area contributed by atoms with Gasteiger partial charge in [0.1, 0.15) is 5.75 Å². The van der Waals surface area contributed by atoms with Crippen molar-refractivity contribution >= 4 is 23.2 Å². The fraction of sp³-hybridized carbons (Fsp3) is 0.300. The number of hydrogen-bond donors (Lipinski definition) is 1. The second-order valence-corrected chi connectivity index (χ2v) is 6.74. The standard InChI is InChI=1S/C20H22N2O3/c1-12-6-8-14(3)15(10-12)21-18(23)20(4)19(24)22(5)16-11-13(2)7-9-17(16)25-20/h6-11H,1-5H3,(H,21,23). The Morgan fingerprint density at radius 2 is 1.72 bits per heavy atom. The lowest BCUT2D eigenvalue weighted by atomic mass is 9.99. The number of carbonyl (C=O) groups is 2. The van der Waals surface area contributed by atoms with Crippen molar-refractivity contribution in [2.75, 3.05) is 17.3 Å². The van der Waals surface area contributed by atoms with Crippen molar-refractivity contribution in [3.8, 4) is 5.75 Å². The van der Waals surface area contributed by atoms with Crippen LogP contribution in [0.15, 0.2) is 36.4 Å². The average molecular weight is 338 g/mol. The first-order chi connectivity index (χ1) is 11.7. The highest BCUT2D eigenvalue weighted by molar-refractivity contribution is 6.19. The molecule has 1 atom stereocenters. The summed E-state index contributed by atoms with van der Waals surface area (Å²) in [5.74, 6) is -0.357. The summed E-state index contributed by atoms with van der Waals surface area (Å²) in [4.78, 5) is 27.2. The summed E-state index contributed by atoms with van der Waals surface area (Å²) in [5, 5.41) is 2.84. The molecule has 3 rings (SSSR count). The molecule has 1 heterocycles. The molecule has 0 radical (unpaired) electrons. The third kappa shape index (κ3) is 2.86. The number of amides is 2. The van der Waals surface area contributed by atoms with Crippen LogP contribution in [-0.2, 0) is 9.59 Å². The lowest BCUT2D eigenvalue weighted by Crippen LogP contribution is -2.59. The van der Waals surface area contributed by atoms with Crippen molar-refractivity contribution in [1.82, 2.24) is 0 Å². The molecule has 0 spiro atoms. The number of benzene rings is 2. The van der Waals surface area contributed by atoms with Gasteiger partial charge in [-0.1, -0.05) is 18.2 Å². The van der Waals surface area contributed by atoms with Crippen LogP contribution in [0.25, 0.3) is 0 Å². The Morgan fingerprint density at radius 3 is 2.44 bits per heavy atom. The monoisotopic (exact) mass is 338 g/mol. The summed E-state index contributed by atoms with van der Waals surface area (Å²) in [6.45, 7) is 7.31. The van der Waals surface area contributed by atoms with E-state index in [4.69, 9.17) is 4.74 Å². The molecule has 0 aliphatic carbocycles. The third-order valence-electron chi connectivity index (χ3n) is 4.58. The first-order valence-electron chi connectivity index (χ1n) is 8.19. The minimum absolute atomic E-state index is 0.395. The van der Waals surface area contributed by atoms with E-state index < -0.39 is 17.4 Å². The lowest BCUT2D eigenvalue weighted by molar-refractivity contribution is -0.144. The Kier molecular flexibility index (Phi) is 4.03. The summed E-state index contributed by atoms with van der Waals surface area (Å²) in [5.41, 5.74) is 2.70. The van der Waals surface area contributed by atoms with Crippen LogP contribution >= 0.6 is 0 Å². The Hall–Kier alpha value is -2.82. The minimum Gasteiger partial charge on any atom is -0.465 e. The van der Waals surface area contributed by atoms with Crippen LogP contribution in [0.3, 0.4) is 0 Å². The van der Waals surface area contributed by atoms with Gasteiger partial charge in [-0.25, -0.2) is 0 Å². The van der Waals surface area contributed by atoms with Crippen LogP contribution in [0, 0.1) is 20.8 Å². The molecule has 2 aromatic rings. The number of carbonyl (C=O) groups excluding carboxylic acids is 2. The molecule has 0 aromatic heterocycles. The van der Waals surface area contributed by atoms with Crippen LogP contribution in [-0.4, -0.2) is 24.5 Å². The number of hydrogen-bond acceptors (Lipinski definition) is 3. The van der Waals surface area contributed by atoms with E-state index in [-0.39, 0.29) is 0 Å². The van der Waals surface area contributed by atoms with E-state index in [0.29, 0.717) is 17.1 Å². The molecule has 5 heteroatoms. The quantitative estimate of drug-likeness (QED) is 0.854. The fourth-order valence-electron chi connectivity index (χ4n) is 2.92. The van der Waals surface area contributed by atoms with Gasteiger partial charge < -0.3 is 15.0 Å². The average Bonchev–Trinajstić information content (AvgIpc) is 2.57. The van der Waals surface area contributed by atoms with Gasteiger partial charge in [0.2, 0.25) is 0 Å². The van der Waals surface area contributed by atoms with E-state index >= 15 is 0 Å². The van der Waals surface area contributed by atoms with Gasteiger partial charge in [0, 0.05) is 12.7 Å². The zero-order valence-corrected chi connectivity index (χ0v) is 15.1. The second-order valence-electron chi connectivity index (χ2n) is 6.74. The number of rotatable bonds is 2. The smallest absolute Gasteiger partial charge is 0.280 e. The molecule has 0 saturated heterocycles. The van der Waals surface area contributed by atoms with Gasteiger partial charge in [-0.2, -0.15) is 0 Å². The zero-order valence-electron chi connectivity index (χ0n) is 15.1. The van der Waals surface area contributed by atoms with Crippen molar-refractivity contribution in [3.05, 3.63) is 53.1 Å². The van der Waals surface area contributed by atoms with Gasteiger partial charge in [-0.15, -0.1) is 0 Å². The Labute approximate surface area is 147 Å². The number of ether oxygens (including phenoxy) is 1. The molecule has 0 saturated carbocycles. The number of nitrogens with one attached hydrogen (secondary N) is 1. The molecular formula is C20H22N2O3. The maximum absolute atomic E-state index is 12.9. The van der Waals surface area contributed by atoms with Crippen LogP contribution in [0.5, 0.6) is 5.75 Å². The number of fused-ring (bicyclic) bond motifs is 1. The Bertz CT molecular complexity index is 875. The molecule has 0 fully saturated rings. The van der Waals surface area contributed by atoms with E-state index in [9.17, 15) is 9.59 Å². The number of likely N-dealkylation sites (N-methyl/N-ethyl adjacent to an activating group) is 1. The highest BCUT2D eigenvalue weighted by Crippen LogP contribution is 2.38. The van der Waals surface area contributed by atoms with Gasteiger partial charge in [0.15, 0.2) is 0 Å². The van der Waals surface area contributed by atoms with Gasteiger partial charge in [0.05, 0.1) is 5.69 Å². The SMILES string of the molecule is Cc1ccc(C)c(NC(=O)C2(C)Oc3ccc(C)cc3N(C)C2=O)c1. The van der Waals surface area contributed by atoms with Crippen LogP contribution in [0.2, 0.25) is 0 Å². The predicted octanol–water partition coefficient (Wildman–Crippen LogP) is 3.36. The van der Waals surface area contributed by atoms with E-state index in [1.807, 2.05) is 51.1 Å². The maximum Gasteiger partial charge on any atom is 0.280 e. The molecule has 5 nitrogen and oxygen atoms in total. The van der Waals surface area contributed by atoms with E-state index in [1.165, 1.54) is 11.8 Å². The van der Waals surface area contributed by atoms with Crippen molar-refractivity contribution in [2.24, 2.45) is 0 Å². The molecule has 1 N–H and O–H groups in total. The van der Waals surface area contributed by atoms with Crippen molar-refractivity contribution < 1.29 is 14.3 Å². The minimum atomic E-state index is -1.62. The summed E-state index contributed by atoms with van der Waals surface area (Å²) >= 11 is 0. The summed E-state index contributed by atoms with van der Waals surface area (Å²) in [6, 6.07) is 11.3. The highest BCUT2D eigenvalue weighted by atomic mass is 16.5. The molecule has 2 amide bonds. The van der Waals surface area contributed by atoms with Gasteiger partial charge in [0.25, 0.3) is 17.4 Å². The number of anilines is 2. The zero-order chi connectivity index (χ0) is 18.4. The molecular weight excluding hydrogens is 316 g/mol. The van der Waals surface area contributed by atoms with Crippen LogP contribution < -0.4 is 15.0 Å². The van der Waals surface area contributed by atoms with Crippen LogP contribution in [0.4, 0.5) is 11.4 Å². The molecule has 25 heavy (non-hydrogen) atoms. The molecule has 1 aliphatic heterocycles. The normalized spacial score (nSPS) is 19.2. The van der Waals surface area contributed by atoms with Crippen LogP contribution in [0.1, 0.15) is 23.6 Å². The van der Waals surface area contributed by atoms with E-state index in [1.54, 1.807) is 13.1 Å². The topological polar surface area (TPSA) is 58.6 Å². The maximum atomic E-state index is 12.9. The Balaban J connectivity index is 1.95. The van der Waals surface area contributed by atoms with E-state index in [2.05, 4.69) is 5.32 Å².